The number of rotatable bonds is 5. The second-order valence-electron chi connectivity index (χ2n) is 9.23. The smallest absolute Gasteiger partial charge is 0.274 e. The number of amides is 1. The van der Waals surface area contributed by atoms with Gasteiger partial charge in [-0.15, -0.1) is 0 Å². The Morgan fingerprint density at radius 2 is 2.03 bits per heavy atom. The molecule has 9 nitrogen and oxygen atoms in total. The first-order valence-corrected chi connectivity index (χ1v) is 11.6. The third kappa shape index (κ3) is 4.20. The minimum Gasteiger partial charge on any atom is -0.386 e. The van der Waals surface area contributed by atoms with Gasteiger partial charge in [-0.25, -0.2) is 9.37 Å². The van der Waals surface area contributed by atoms with Gasteiger partial charge < -0.3 is 20.6 Å². The number of hydrogen-bond acceptors (Lipinski definition) is 8. The largest absolute Gasteiger partial charge is 0.386 e. The van der Waals surface area contributed by atoms with E-state index in [0.717, 1.165) is 28.4 Å². The summed E-state index contributed by atoms with van der Waals surface area (Å²) in [5.41, 5.74) is 2.55. The number of aryl methyl sites for hydroxylation is 1. The second-order valence-corrected chi connectivity index (χ2v) is 9.23. The highest BCUT2D eigenvalue weighted by atomic mass is 19.1. The molecule has 0 unspecified atom stereocenters. The van der Waals surface area contributed by atoms with E-state index >= 15 is 0 Å². The monoisotopic (exact) mass is 487 g/mol. The number of aliphatic imine (C=N–C) groups is 1. The Balaban J connectivity index is 1.53. The van der Waals surface area contributed by atoms with Crippen LogP contribution in [0.5, 0.6) is 0 Å². The van der Waals surface area contributed by atoms with Crippen molar-refractivity contribution in [2.45, 2.75) is 26.4 Å². The number of nitrogens with one attached hydrogen (secondary N) is 2. The van der Waals surface area contributed by atoms with E-state index in [9.17, 15) is 14.3 Å². The Bertz CT molecular complexity index is 1440. The third-order valence-electron chi connectivity index (χ3n) is 6.21. The molecule has 4 heterocycles. The number of amidine groups is 1. The van der Waals surface area contributed by atoms with E-state index in [1.807, 2.05) is 17.9 Å². The van der Waals surface area contributed by atoms with Crippen molar-refractivity contribution < 1.29 is 14.3 Å². The molecule has 3 N–H and O–H groups in total. The second kappa shape index (κ2) is 8.80. The first-order valence-electron chi connectivity index (χ1n) is 11.6. The van der Waals surface area contributed by atoms with E-state index in [1.165, 1.54) is 18.3 Å². The highest BCUT2D eigenvalue weighted by Crippen LogP contribution is 2.37. The van der Waals surface area contributed by atoms with Gasteiger partial charge in [0.05, 0.1) is 17.8 Å². The zero-order chi connectivity index (χ0) is 25.6. The highest BCUT2D eigenvalue weighted by Gasteiger charge is 2.31. The Hall–Kier alpha value is -4.18. The van der Waals surface area contributed by atoms with Crippen LogP contribution in [0.3, 0.4) is 0 Å². The minimum absolute atomic E-state index is 0.0229. The van der Waals surface area contributed by atoms with Gasteiger partial charge in [-0.3, -0.25) is 14.8 Å². The molecule has 1 amide bonds. The molecule has 0 spiro atoms. The molecule has 2 aliphatic rings. The minimum atomic E-state index is -1.14. The third-order valence-corrected chi connectivity index (χ3v) is 6.21. The zero-order valence-electron chi connectivity index (χ0n) is 20.4. The van der Waals surface area contributed by atoms with Gasteiger partial charge in [0, 0.05) is 37.1 Å². The molecule has 2 aromatic heterocycles. The van der Waals surface area contributed by atoms with E-state index in [-0.39, 0.29) is 11.4 Å². The van der Waals surface area contributed by atoms with Gasteiger partial charge in [-0.1, -0.05) is 0 Å². The fraction of sp³-hybridized carbons (Fsp3) is 0.269. The molecule has 0 bridgehead atoms. The van der Waals surface area contributed by atoms with Gasteiger partial charge in [-0.05, 0) is 67.8 Å². The summed E-state index contributed by atoms with van der Waals surface area (Å²) < 4.78 is 15.0. The quantitative estimate of drug-likeness (QED) is 0.504. The summed E-state index contributed by atoms with van der Waals surface area (Å²) in [6.07, 6.45) is 5.12. The predicted molar refractivity (Wildman–Crippen MR) is 138 cm³/mol. The molecule has 1 aromatic carbocycles. The van der Waals surface area contributed by atoms with Gasteiger partial charge in [0.1, 0.15) is 23.2 Å². The fourth-order valence-corrected chi connectivity index (χ4v) is 4.30. The van der Waals surface area contributed by atoms with Crippen molar-refractivity contribution >= 4 is 40.8 Å². The summed E-state index contributed by atoms with van der Waals surface area (Å²) in [6.45, 7) is 6.33. The van der Waals surface area contributed by atoms with Crippen molar-refractivity contribution in [3.05, 3.63) is 70.4 Å². The summed E-state index contributed by atoms with van der Waals surface area (Å²) >= 11 is 0. The van der Waals surface area contributed by atoms with Gasteiger partial charge in [-0.2, -0.15) is 4.98 Å². The molecular weight excluding hydrogens is 461 g/mol. The Morgan fingerprint density at radius 1 is 1.22 bits per heavy atom. The molecule has 0 saturated carbocycles. The number of aliphatic hydroxyl groups is 1. The lowest BCUT2D eigenvalue weighted by atomic mass is 9.94. The first-order chi connectivity index (χ1) is 17.2. The highest BCUT2D eigenvalue weighted by molar-refractivity contribution is 6.36. The maximum absolute atomic E-state index is 15.0. The molecule has 36 heavy (non-hydrogen) atoms. The lowest BCUT2D eigenvalue weighted by Crippen LogP contribution is -2.32. The Labute approximate surface area is 207 Å². The maximum atomic E-state index is 15.0. The first kappa shape index (κ1) is 23.6. The maximum Gasteiger partial charge on any atom is 0.274 e. The van der Waals surface area contributed by atoms with Crippen LogP contribution in [-0.4, -0.2) is 51.9 Å². The van der Waals surface area contributed by atoms with E-state index in [2.05, 4.69) is 30.6 Å². The summed E-state index contributed by atoms with van der Waals surface area (Å²) in [4.78, 5) is 32.7. The van der Waals surface area contributed by atoms with Gasteiger partial charge in [0.25, 0.3) is 5.91 Å². The number of nitrogens with zero attached hydrogens (tertiary/aromatic N) is 5. The lowest BCUT2D eigenvalue weighted by molar-refractivity contribution is 0.0783. The molecule has 0 radical (unpaired) electrons. The van der Waals surface area contributed by atoms with Crippen molar-refractivity contribution in [2.24, 2.45) is 4.99 Å². The molecule has 0 aliphatic carbocycles. The summed E-state index contributed by atoms with van der Waals surface area (Å²) in [7, 11) is 1.76. The van der Waals surface area contributed by atoms with Crippen LogP contribution in [0.4, 0.5) is 21.8 Å². The molecule has 0 atom stereocenters. The molecule has 184 valence electrons. The number of anilines is 3. The van der Waals surface area contributed by atoms with Crippen molar-refractivity contribution in [1.29, 1.82) is 0 Å². The number of hydrogen-bond donors (Lipinski definition) is 3. The van der Waals surface area contributed by atoms with Gasteiger partial charge in [0.15, 0.2) is 0 Å². The molecular formula is C26H26FN7O2. The summed E-state index contributed by atoms with van der Waals surface area (Å²) in [5.74, 6) is 0.884. The average molecular weight is 488 g/mol. The average Bonchev–Trinajstić information content (AvgIpc) is 3.35. The van der Waals surface area contributed by atoms with Crippen LogP contribution in [0, 0.1) is 12.7 Å². The number of pyridine rings is 1. The van der Waals surface area contributed by atoms with E-state index in [4.69, 9.17) is 0 Å². The topological polar surface area (TPSA) is 116 Å². The van der Waals surface area contributed by atoms with Crippen LogP contribution in [0.15, 0.2) is 41.7 Å². The fourth-order valence-electron chi connectivity index (χ4n) is 4.30. The van der Waals surface area contributed by atoms with E-state index in [1.54, 1.807) is 39.2 Å². The van der Waals surface area contributed by atoms with E-state index < -0.39 is 17.3 Å². The molecule has 5 rings (SSSR count). The zero-order valence-corrected chi connectivity index (χ0v) is 20.4. The predicted octanol–water partition coefficient (Wildman–Crippen LogP) is 3.61. The molecule has 10 heteroatoms. The number of fused-ring (bicyclic) bond motifs is 3. The summed E-state index contributed by atoms with van der Waals surface area (Å²) in [5, 5.41) is 15.9. The Kier molecular flexibility index (Phi) is 5.76. The number of aromatic nitrogens is 3. The van der Waals surface area contributed by atoms with Crippen LogP contribution in [0.1, 0.15) is 46.6 Å². The van der Waals surface area contributed by atoms with Crippen LogP contribution < -0.4 is 15.5 Å². The van der Waals surface area contributed by atoms with Gasteiger partial charge in [0.2, 0.25) is 5.95 Å². The lowest BCUT2D eigenvalue weighted by Gasteiger charge is -2.28. The number of benzene rings is 1. The standard InChI is InChI=1S/C26H26FN7O2/c1-14-9-19(27)20(32-24(35)21-11-16(5-6-29-21)26(2,3)36)12-17(14)18-10-15-13-31-25(28-4)33-22(15)34-8-7-30-23(18)34/h5-6,9-13,36H,7-8H2,1-4H3,(H,32,35)(H,28,31,33). The number of halogens is 1. The van der Waals surface area contributed by atoms with Crippen LogP contribution in [0.2, 0.25) is 0 Å². The van der Waals surface area contributed by atoms with Crippen molar-refractivity contribution in [2.75, 3.05) is 35.7 Å². The number of carbonyl (C=O) groups excluding carboxylic acids is 1. The molecule has 2 aliphatic heterocycles. The van der Waals surface area contributed by atoms with Crippen molar-refractivity contribution in [3.8, 4) is 0 Å². The Morgan fingerprint density at radius 3 is 2.78 bits per heavy atom. The van der Waals surface area contributed by atoms with Crippen LogP contribution in [-0.2, 0) is 5.60 Å². The molecule has 0 saturated heterocycles. The van der Waals surface area contributed by atoms with Crippen LogP contribution >= 0.6 is 0 Å². The SMILES string of the molecule is CNc1ncc2c(n1)N1CCN=C1C(c1cc(NC(=O)c3cc(C(C)(C)O)ccn3)c(F)cc1C)=C2. The summed E-state index contributed by atoms with van der Waals surface area (Å²) in [6, 6.07) is 6.13. The van der Waals surface area contributed by atoms with E-state index in [0.29, 0.717) is 30.2 Å². The van der Waals surface area contributed by atoms with Gasteiger partial charge >= 0.3 is 0 Å². The van der Waals surface area contributed by atoms with Crippen molar-refractivity contribution in [1.82, 2.24) is 15.0 Å². The number of carbonyl (C=O) groups is 1. The van der Waals surface area contributed by atoms with Crippen molar-refractivity contribution in [3.63, 3.8) is 0 Å². The molecule has 0 fully saturated rings. The van der Waals surface area contributed by atoms with Crippen LogP contribution in [0.25, 0.3) is 11.6 Å². The normalized spacial score (nSPS) is 14.6. The molecule has 3 aromatic rings.